The zero-order chi connectivity index (χ0) is 29.3. The number of allylic oxidation sites excluding steroid dienone is 1. The number of carbonyl (C=O) groups is 2. The number of piperidine rings is 1. The van der Waals surface area contributed by atoms with Gasteiger partial charge in [-0.25, -0.2) is 4.39 Å². The van der Waals surface area contributed by atoms with Gasteiger partial charge in [-0.3, -0.25) is 9.59 Å². The van der Waals surface area contributed by atoms with Crippen LogP contribution in [0.15, 0.2) is 76.6 Å². The number of likely N-dealkylation sites (tertiary alicyclic amines) is 1. The molecule has 2 atom stereocenters. The third-order valence-corrected chi connectivity index (χ3v) is 8.49. The van der Waals surface area contributed by atoms with Crippen LogP contribution in [0, 0.1) is 5.82 Å². The molecule has 0 spiro atoms. The van der Waals surface area contributed by atoms with Crippen molar-refractivity contribution >= 4 is 39.8 Å². The number of dihydropyridines is 1. The summed E-state index contributed by atoms with van der Waals surface area (Å²) in [6, 6.07) is 9.46. The van der Waals surface area contributed by atoms with E-state index in [1.165, 1.54) is 18.3 Å². The van der Waals surface area contributed by atoms with E-state index >= 15 is 0 Å². The molecular weight excluding hydrogens is 545 g/mol. The molecule has 0 aliphatic carbocycles. The van der Waals surface area contributed by atoms with Crippen molar-refractivity contribution < 1.29 is 22.9 Å². The highest BCUT2D eigenvalue weighted by molar-refractivity contribution is 7.92. The van der Waals surface area contributed by atoms with Crippen LogP contribution < -0.4 is 20.7 Å². The normalized spacial score (nSPS) is 18.7. The molecule has 2 aliphatic heterocycles. The third kappa shape index (κ3) is 5.55. The Hall–Kier alpha value is -4.22. The van der Waals surface area contributed by atoms with E-state index in [9.17, 15) is 18.5 Å². The second-order valence-corrected chi connectivity index (χ2v) is 11.4. The summed E-state index contributed by atoms with van der Waals surface area (Å²) in [6.07, 6.45) is 9.70. The average Bonchev–Trinajstić information content (AvgIpc) is 3.38. The molecule has 41 heavy (non-hydrogen) atoms. The highest BCUT2D eigenvalue weighted by Crippen LogP contribution is 2.42. The van der Waals surface area contributed by atoms with Gasteiger partial charge < -0.3 is 30.2 Å². The molecule has 1 saturated heterocycles. The second kappa shape index (κ2) is 11.7. The van der Waals surface area contributed by atoms with E-state index in [1.807, 2.05) is 11.0 Å². The Balaban J connectivity index is 1.61. The molecule has 1 unspecified atom stereocenters. The zero-order valence-electron chi connectivity index (χ0n) is 23.1. The summed E-state index contributed by atoms with van der Waals surface area (Å²) >= 11 is -1.35. The molecule has 4 N–H and O–H groups in total. The molecule has 5 rings (SSSR count). The lowest BCUT2D eigenvalue weighted by atomic mass is 9.87. The van der Waals surface area contributed by atoms with Crippen LogP contribution in [0.2, 0.25) is 0 Å². The summed E-state index contributed by atoms with van der Waals surface area (Å²) in [6.45, 7) is 1.05. The minimum Gasteiger partial charge on any atom is -0.593 e. The lowest BCUT2D eigenvalue weighted by molar-refractivity contribution is -0.128. The Bertz CT molecular complexity index is 1580. The van der Waals surface area contributed by atoms with Crippen LogP contribution in [0.4, 0.5) is 10.1 Å². The van der Waals surface area contributed by atoms with E-state index in [-0.39, 0.29) is 17.7 Å². The van der Waals surface area contributed by atoms with Crippen molar-refractivity contribution in [3.8, 4) is 11.3 Å². The Morgan fingerprint density at radius 1 is 1.29 bits per heavy atom. The van der Waals surface area contributed by atoms with Crippen LogP contribution >= 0.6 is 0 Å². The number of nitrogens with zero attached hydrogens (tertiary/aromatic N) is 2. The Morgan fingerprint density at radius 3 is 2.73 bits per heavy atom. The zero-order valence-corrected chi connectivity index (χ0v) is 23.9. The van der Waals surface area contributed by atoms with Crippen LogP contribution in [-0.4, -0.2) is 54.7 Å². The van der Waals surface area contributed by atoms with Gasteiger partial charge in [-0.1, -0.05) is 0 Å². The Morgan fingerprint density at radius 2 is 2.05 bits per heavy atom. The highest BCUT2D eigenvalue weighted by Gasteiger charge is 2.32. The van der Waals surface area contributed by atoms with Gasteiger partial charge in [-0.05, 0) is 60.9 Å². The molecule has 2 amide bonds. The van der Waals surface area contributed by atoms with Crippen LogP contribution in [0.5, 0.6) is 0 Å². The molecule has 214 valence electrons. The number of hydrogen-bond donors (Lipinski definition) is 3. The number of rotatable bonds is 6. The molecule has 3 aromatic rings. The number of nitrogens with one attached hydrogen (secondary N) is 2. The van der Waals surface area contributed by atoms with Crippen molar-refractivity contribution in [2.75, 3.05) is 37.7 Å². The minimum absolute atomic E-state index is 0.0874. The van der Waals surface area contributed by atoms with Crippen LogP contribution in [0.25, 0.3) is 22.3 Å². The summed E-state index contributed by atoms with van der Waals surface area (Å²) in [5, 5.41) is 6.26. The number of halogens is 1. The van der Waals surface area contributed by atoms with Gasteiger partial charge in [0, 0.05) is 61.0 Å². The van der Waals surface area contributed by atoms with Gasteiger partial charge in [0.05, 0.1) is 35.4 Å². The number of hydrogen-bond acceptors (Lipinski definition) is 7. The van der Waals surface area contributed by atoms with Gasteiger partial charge in [0.2, 0.25) is 0 Å². The van der Waals surface area contributed by atoms with Gasteiger partial charge in [0.1, 0.15) is 23.4 Å². The first-order valence-corrected chi connectivity index (χ1v) is 14.7. The molecule has 0 bridgehead atoms. The standard InChI is InChI=1S/C30H32FN5O4S/c1-33-29(37)27-24-14-23(20-5-4-12-36(17-20)30(38)19-10-11-34-22(13-19)16-32)25(35(2)41(3)39)15-26(24)40-28(27)18-6-8-21(31)9-7-18/h6-11,13-16,20,34H,4-5,12,17,32H2,1-3H3,(H,33,37)/b22-16-/t20-,41?/m0/s1. The first kappa shape index (κ1) is 28.3. The van der Waals surface area contributed by atoms with Crippen molar-refractivity contribution in [1.82, 2.24) is 15.5 Å². The lowest BCUT2D eigenvalue weighted by Crippen LogP contribution is -2.40. The molecule has 1 fully saturated rings. The maximum atomic E-state index is 13.7. The predicted molar refractivity (Wildman–Crippen MR) is 159 cm³/mol. The minimum atomic E-state index is -1.35. The fraction of sp³-hybridized carbons (Fsp3) is 0.267. The largest absolute Gasteiger partial charge is 0.593 e. The van der Waals surface area contributed by atoms with E-state index in [4.69, 9.17) is 10.2 Å². The van der Waals surface area contributed by atoms with Crippen LogP contribution in [0.3, 0.4) is 0 Å². The predicted octanol–water partition coefficient (Wildman–Crippen LogP) is 3.88. The number of carbonyl (C=O) groups excluding carboxylic acids is 2. The maximum absolute atomic E-state index is 13.7. The summed E-state index contributed by atoms with van der Waals surface area (Å²) in [5.74, 6) is -0.615. The fourth-order valence-electron chi connectivity index (χ4n) is 5.35. The van der Waals surface area contributed by atoms with Crippen molar-refractivity contribution in [2.45, 2.75) is 18.8 Å². The number of benzene rings is 2. The monoisotopic (exact) mass is 577 g/mol. The molecular formula is C30H32FN5O4S. The van der Waals surface area contributed by atoms with Gasteiger partial charge in [0.15, 0.2) is 0 Å². The summed E-state index contributed by atoms with van der Waals surface area (Å²) in [4.78, 5) is 28.4. The van der Waals surface area contributed by atoms with E-state index < -0.39 is 17.2 Å². The molecule has 0 saturated carbocycles. The lowest BCUT2D eigenvalue weighted by Gasteiger charge is -2.35. The number of nitrogens with two attached hydrogens (primary N) is 1. The first-order valence-electron chi connectivity index (χ1n) is 13.2. The quantitative estimate of drug-likeness (QED) is 0.380. The number of furan rings is 1. The van der Waals surface area contributed by atoms with Crippen molar-refractivity contribution in [3.05, 3.63) is 89.2 Å². The van der Waals surface area contributed by atoms with Gasteiger partial charge in [-0.15, -0.1) is 0 Å². The number of amides is 2. The van der Waals surface area contributed by atoms with Crippen LogP contribution in [0.1, 0.15) is 34.7 Å². The smallest absolute Gasteiger partial charge is 0.255 e. The maximum Gasteiger partial charge on any atom is 0.255 e. The number of anilines is 1. The number of fused-ring (bicyclic) bond motifs is 1. The fourth-order valence-corrected chi connectivity index (χ4v) is 5.79. The van der Waals surface area contributed by atoms with Crippen molar-refractivity contribution in [2.24, 2.45) is 5.73 Å². The molecule has 3 heterocycles. The topological polar surface area (TPSA) is 127 Å². The summed E-state index contributed by atoms with van der Waals surface area (Å²) in [5.41, 5.74) is 9.69. The van der Waals surface area contributed by atoms with Gasteiger partial charge >= 0.3 is 0 Å². The highest BCUT2D eigenvalue weighted by atomic mass is 32.2. The Kier molecular flexibility index (Phi) is 8.09. The van der Waals surface area contributed by atoms with Gasteiger partial charge in [-0.2, -0.15) is 4.31 Å². The average molecular weight is 578 g/mol. The molecule has 0 radical (unpaired) electrons. The SMILES string of the molecule is CNC(=O)c1c(-c2ccc(F)cc2)oc2cc(N(C)[S+](C)[O-])c([C@H]3CCCN(C(=O)C4=C/C(=C/N)NC=C4)C3)cc12. The van der Waals surface area contributed by atoms with E-state index in [0.29, 0.717) is 57.9 Å². The van der Waals surface area contributed by atoms with Gasteiger partial charge in [0.25, 0.3) is 11.8 Å². The molecule has 9 nitrogen and oxygen atoms in total. The van der Waals surface area contributed by atoms with Crippen molar-refractivity contribution in [3.63, 3.8) is 0 Å². The first-order chi connectivity index (χ1) is 19.7. The second-order valence-electron chi connectivity index (χ2n) is 10.0. The summed E-state index contributed by atoms with van der Waals surface area (Å²) < 4.78 is 34.2. The van der Waals surface area contributed by atoms with E-state index in [2.05, 4.69) is 10.6 Å². The molecule has 1 aromatic heterocycles. The van der Waals surface area contributed by atoms with Crippen LogP contribution in [-0.2, 0) is 16.2 Å². The third-order valence-electron chi connectivity index (χ3n) is 7.52. The van der Waals surface area contributed by atoms with Crippen molar-refractivity contribution in [1.29, 1.82) is 0 Å². The molecule has 2 aromatic carbocycles. The Labute approximate surface area is 240 Å². The molecule has 2 aliphatic rings. The van der Waals surface area contributed by atoms with E-state index in [1.54, 1.807) is 61.2 Å². The summed E-state index contributed by atoms with van der Waals surface area (Å²) in [7, 11) is 3.28. The molecule has 11 heteroatoms. The van der Waals surface area contributed by atoms with E-state index in [0.717, 1.165) is 18.4 Å².